The first-order valence-corrected chi connectivity index (χ1v) is 9.42. The Bertz CT molecular complexity index is 314. The minimum atomic E-state index is 0.665. The second-order valence-corrected chi connectivity index (χ2v) is 8.88. The highest BCUT2D eigenvalue weighted by Gasteiger charge is 2.52. The normalized spacial score (nSPS) is 39.4. The summed E-state index contributed by atoms with van der Waals surface area (Å²) in [7, 11) is 2.24. The lowest BCUT2D eigenvalue weighted by molar-refractivity contribution is -0.0703. The second-order valence-electron chi connectivity index (χ2n) is 8.88. The van der Waals surface area contributed by atoms with Crippen LogP contribution in [-0.2, 0) is 0 Å². The van der Waals surface area contributed by atoms with Crippen LogP contribution in [0, 0.1) is 23.2 Å². The first kappa shape index (κ1) is 15.8. The summed E-state index contributed by atoms with van der Waals surface area (Å²) in [5, 5.41) is 3.91. The highest BCUT2D eigenvalue weighted by molar-refractivity contribution is 5.05. The van der Waals surface area contributed by atoms with E-state index in [-0.39, 0.29) is 0 Å². The maximum absolute atomic E-state index is 3.91. The maximum atomic E-state index is 3.91. The van der Waals surface area contributed by atoms with E-state index in [1.54, 1.807) is 19.3 Å². The lowest BCUT2D eigenvalue weighted by atomic mass is 9.48. The van der Waals surface area contributed by atoms with Gasteiger partial charge < -0.3 is 10.2 Å². The van der Waals surface area contributed by atoms with Crippen molar-refractivity contribution in [1.29, 1.82) is 0 Å². The Hall–Kier alpha value is -0.0800. The third-order valence-electron chi connectivity index (χ3n) is 7.02. The standard InChI is InChI=1S/C19H36N2/c1-14(2)21(4)7-5-6-20-15(3)19-11-16-8-17(12-19)10-18(9-16)13-19/h14-18,20H,5-13H2,1-4H3. The second kappa shape index (κ2) is 6.20. The Morgan fingerprint density at radius 2 is 1.52 bits per heavy atom. The summed E-state index contributed by atoms with van der Waals surface area (Å²) in [6, 6.07) is 1.40. The van der Waals surface area contributed by atoms with E-state index in [0.717, 1.165) is 23.8 Å². The van der Waals surface area contributed by atoms with E-state index >= 15 is 0 Å². The van der Waals surface area contributed by atoms with Crippen LogP contribution in [-0.4, -0.2) is 37.1 Å². The summed E-state index contributed by atoms with van der Waals surface area (Å²) in [5.41, 5.74) is 0.665. The molecule has 4 rings (SSSR count). The Morgan fingerprint density at radius 1 is 1.00 bits per heavy atom. The molecule has 0 spiro atoms. The minimum Gasteiger partial charge on any atom is -0.314 e. The van der Waals surface area contributed by atoms with Crippen molar-refractivity contribution in [3.8, 4) is 0 Å². The molecule has 0 aromatic carbocycles. The van der Waals surface area contributed by atoms with Crippen molar-refractivity contribution in [3.05, 3.63) is 0 Å². The summed E-state index contributed by atoms with van der Waals surface area (Å²) < 4.78 is 0. The van der Waals surface area contributed by atoms with Crippen molar-refractivity contribution in [2.75, 3.05) is 20.1 Å². The lowest BCUT2D eigenvalue weighted by Crippen LogP contribution is -2.55. The third kappa shape index (κ3) is 3.32. The first-order valence-electron chi connectivity index (χ1n) is 9.42. The number of rotatable bonds is 7. The third-order valence-corrected chi connectivity index (χ3v) is 7.02. The molecule has 4 bridgehead atoms. The molecular weight excluding hydrogens is 256 g/mol. The molecule has 4 saturated carbocycles. The lowest BCUT2D eigenvalue weighted by Gasteiger charge is -2.59. The molecule has 2 nitrogen and oxygen atoms in total. The SMILES string of the molecule is CC(C)N(C)CCCNC(C)C12CC3CC(CC(C3)C1)C2. The van der Waals surface area contributed by atoms with E-state index in [9.17, 15) is 0 Å². The molecule has 2 heteroatoms. The molecule has 1 N–H and O–H groups in total. The predicted molar refractivity (Wildman–Crippen MR) is 90.5 cm³/mol. The molecule has 4 aliphatic carbocycles. The molecule has 0 radical (unpaired) electrons. The van der Waals surface area contributed by atoms with Crippen molar-refractivity contribution in [2.24, 2.45) is 23.2 Å². The highest BCUT2D eigenvalue weighted by atomic mass is 15.1. The first-order chi connectivity index (χ1) is 9.98. The molecule has 0 aromatic heterocycles. The zero-order valence-electron chi connectivity index (χ0n) is 14.7. The van der Waals surface area contributed by atoms with Gasteiger partial charge in [0.15, 0.2) is 0 Å². The van der Waals surface area contributed by atoms with Crippen LogP contribution < -0.4 is 5.32 Å². The minimum absolute atomic E-state index is 0.665. The van der Waals surface area contributed by atoms with E-state index in [1.165, 1.54) is 38.8 Å². The van der Waals surface area contributed by atoms with Crippen LogP contribution >= 0.6 is 0 Å². The molecule has 0 aliphatic heterocycles. The van der Waals surface area contributed by atoms with Crippen molar-refractivity contribution < 1.29 is 0 Å². The van der Waals surface area contributed by atoms with Gasteiger partial charge in [0.1, 0.15) is 0 Å². The number of nitrogens with zero attached hydrogens (tertiary/aromatic N) is 1. The molecular formula is C19H36N2. The van der Waals surface area contributed by atoms with E-state index in [4.69, 9.17) is 0 Å². The average Bonchev–Trinajstić information content (AvgIpc) is 2.41. The van der Waals surface area contributed by atoms with Crippen LogP contribution in [0.5, 0.6) is 0 Å². The van der Waals surface area contributed by atoms with Crippen LogP contribution in [0.15, 0.2) is 0 Å². The summed E-state index contributed by atoms with van der Waals surface area (Å²) in [6.07, 6.45) is 10.5. The Morgan fingerprint density at radius 3 is 2.00 bits per heavy atom. The van der Waals surface area contributed by atoms with Gasteiger partial charge >= 0.3 is 0 Å². The van der Waals surface area contributed by atoms with Gasteiger partial charge in [-0.25, -0.2) is 0 Å². The number of nitrogens with one attached hydrogen (secondary N) is 1. The van der Waals surface area contributed by atoms with Gasteiger partial charge in [-0.05, 0) is 109 Å². The molecule has 0 aromatic rings. The van der Waals surface area contributed by atoms with Crippen molar-refractivity contribution in [1.82, 2.24) is 10.2 Å². The van der Waals surface area contributed by atoms with E-state index in [0.29, 0.717) is 11.5 Å². The Kier molecular flexibility index (Phi) is 4.66. The van der Waals surface area contributed by atoms with Crippen LogP contribution in [0.2, 0.25) is 0 Å². The van der Waals surface area contributed by atoms with Crippen LogP contribution in [0.3, 0.4) is 0 Å². The van der Waals surface area contributed by atoms with Gasteiger partial charge in [0.2, 0.25) is 0 Å². The smallest absolute Gasteiger partial charge is 0.00955 e. The molecule has 1 atom stereocenters. The molecule has 122 valence electrons. The summed E-state index contributed by atoms with van der Waals surface area (Å²) >= 11 is 0. The molecule has 4 aliphatic rings. The monoisotopic (exact) mass is 292 g/mol. The van der Waals surface area contributed by atoms with E-state index in [2.05, 4.69) is 38.0 Å². The van der Waals surface area contributed by atoms with Crippen molar-refractivity contribution >= 4 is 0 Å². The van der Waals surface area contributed by atoms with Gasteiger partial charge in [-0.15, -0.1) is 0 Å². The maximum Gasteiger partial charge on any atom is 0.00955 e. The Labute approximate surface area is 132 Å². The van der Waals surface area contributed by atoms with Gasteiger partial charge in [-0.2, -0.15) is 0 Å². The fourth-order valence-corrected chi connectivity index (χ4v) is 5.83. The van der Waals surface area contributed by atoms with E-state index < -0.39 is 0 Å². The van der Waals surface area contributed by atoms with Crippen LogP contribution in [0.25, 0.3) is 0 Å². The van der Waals surface area contributed by atoms with Crippen LogP contribution in [0.4, 0.5) is 0 Å². The molecule has 0 heterocycles. The fraction of sp³-hybridized carbons (Fsp3) is 1.00. The summed E-state index contributed by atoms with van der Waals surface area (Å²) in [4.78, 5) is 2.46. The number of hydrogen-bond donors (Lipinski definition) is 1. The molecule has 4 fully saturated rings. The number of hydrogen-bond acceptors (Lipinski definition) is 2. The van der Waals surface area contributed by atoms with Gasteiger partial charge in [0.05, 0.1) is 0 Å². The summed E-state index contributed by atoms with van der Waals surface area (Å²) in [5.74, 6) is 3.23. The molecule has 0 saturated heterocycles. The molecule has 21 heavy (non-hydrogen) atoms. The van der Waals surface area contributed by atoms with Gasteiger partial charge in [0.25, 0.3) is 0 Å². The van der Waals surface area contributed by atoms with Crippen molar-refractivity contribution in [3.63, 3.8) is 0 Å². The van der Waals surface area contributed by atoms with Gasteiger partial charge in [-0.3, -0.25) is 0 Å². The summed E-state index contributed by atoms with van der Waals surface area (Å²) in [6.45, 7) is 9.47. The van der Waals surface area contributed by atoms with Gasteiger partial charge in [0, 0.05) is 12.1 Å². The van der Waals surface area contributed by atoms with Crippen molar-refractivity contribution in [2.45, 2.75) is 77.8 Å². The van der Waals surface area contributed by atoms with E-state index in [1.807, 2.05) is 0 Å². The molecule has 0 amide bonds. The largest absolute Gasteiger partial charge is 0.314 e. The quantitative estimate of drug-likeness (QED) is 0.716. The average molecular weight is 293 g/mol. The Balaban J connectivity index is 1.46. The zero-order chi connectivity index (χ0) is 15.0. The highest BCUT2D eigenvalue weighted by Crippen LogP contribution is 2.61. The zero-order valence-corrected chi connectivity index (χ0v) is 14.7. The van der Waals surface area contributed by atoms with Gasteiger partial charge in [-0.1, -0.05) is 0 Å². The van der Waals surface area contributed by atoms with Crippen LogP contribution in [0.1, 0.15) is 65.7 Å². The molecule has 1 unspecified atom stereocenters. The fourth-order valence-electron chi connectivity index (χ4n) is 5.83. The predicted octanol–water partition coefficient (Wildman–Crippen LogP) is 3.91. The topological polar surface area (TPSA) is 15.3 Å².